The summed E-state index contributed by atoms with van der Waals surface area (Å²) in [5.41, 5.74) is 1.54. The summed E-state index contributed by atoms with van der Waals surface area (Å²) in [6.45, 7) is 0. The van der Waals surface area contributed by atoms with Crippen LogP contribution in [-0.2, 0) is 14.3 Å². The van der Waals surface area contributed by atoms with E-state index in [2.05, 4.69) is 0 Å². The SMILES string of the molecule is CN1C(=O)C2=C(C(=O)C3CCCCC3O2)C1c1ccccc1. The van der Waals surface area contributed by atoms with Crippen molar-refractivity contribution in [2.45, 2.75) is 37.8 Å². The van der Waals surface area contributed by atoms with Crippen molar-refractivity contribution in [3.05, 3.63) is 47.2 Å². The lowest BCUT2D eigenvalue weighted by molar-refractivity contribution is -0.134. The zero-order valence-electron chi connectivity index (χ0n) is 12.6. The third kappa shape index (κ3) is 1.83. The minimum atomic E-state index is -0.306. The van der Waals surface area contributed by atoms with E-state index < -0.39 is 0 Å². The van der Waals surface area contributed by atoms with Crippen LogP contribution < -0.4 is 0 Å². The summed E-state index contributed by atoms with van der Waals surface area (Å²) >= 11 is 0. The molecule has 3 unspecified atom stereocenters. The first-order valence-corrected chi connectivity index (χ1v) is 7.95. The Kier molecular flexibility index (Phi) is 3.06. The van der Waals surface area contributed by atoms with Gasteiger partial charge < -0.3 is 9.64 Å². The summed E-state index contributed by atoms with van der Waals surface area (Å²) in [6.07, 6.45) is 3.79. The Balaban J connectivity index is 1.80. The summed E-state index contributed by atoms with van der Waals surface area (Å²) in [5, 5.41) is 0. The van der Waals surface area contributed by atoms with E-state index in [-0.39, 0.29) is 29.8 Å². The van der Waals surface area contributed by atoms with Gasteiger partial charge in [-0.2, -0.15) is 0 Å². The molecule has 1 fully saturated rings. The Morgan fingerprint density at radius 1 is 1.09 bits per heavy atom. The first-order valence-electron chi connectivity index (χ1n) is 7.95. The summed E-state index contributed by atoms with van der Waals surface area (Å²) < 4.78 is 5.99. The minimum Gasteiger partial charge on any atom is -0.483 e. The quantitative estimate of drug-likeness (QED) is 0.800. The monoisotopic (exact) mass is 297 g/mol. The van der Waals surface area contributed by atoms with Crippen LogP contribution in [0.15, 0.2) is 41.7 Å². The highest BCUT2D eigenvalue weighted by molar-refractivity contribution is 6.11. The molecule has 4 heteroatoms. The highest BCUT2D eigenvalue weighted by Gasteiger charge is 2.50. The second-order valence-corrected chi connectivity index (χ2v) is 6.38. The molecule has 0 N–H and O–H groups in total. The number of hydrogen-bond donors (Lipinski definition) is 0. The second kappa shape index (κ2) is 4.97. The molecule has 0 aromatic heterocycles. The van der Waals surface area contributed by atoms with Gasteiger partial charge in [0.25, 0.3) is 5.91 Å². The van der Waals surface area contributed by atoms with Gasteiger partial charge in [0.05, 0.1) is 17.5 Å². The highest BCUT2D eigenvalue weighted by Crippen LogP contribution is 2.45. The van der Waals surface area contributed by atoms with Gasteiger partial charge in [-0.15, -0.1) is 0 Å². The van der Waals surface area contributed by atoms with Crippen molar-refractivity contribution in [3.63, 3.8) is 0 Å². The van der Waals surface area contributed by atoms with E-state index in [1.807, 2.05) is 30.3 Å². The van der Waals surface area contributed by atoms with Gasteiger partial charge in [0.2, 0.25) is 0 Å². The molecule has 4 nitrogen and oxygen atoms in total. The molecule has 1 aliphatic carbocycles. The molecule has 2 aliphatic heterocycles. The first-order chi connectivity index (χ1) is 10.7. The largest absolute Gasteiger partial charge is 0.483 e. The maximum absolute atomic E-state index is 13.0. The lowest BCUT2D eigenvalue weighted by Gasteiger charge is -2.35. The lowest BCUT2D eigenvalue weighted by atomic mass is 9.77. The summed E-state index contributed by atoms with van der Waals surface area (Å²) in [4.78, 5) is 27.2. The topological polar surface area (TPSA) is 46.6 Å². The number of Topliss-reactive ketones (excluding diaryl/α,β-unsaturated/α-hetero) is 1. The number of likely N-dealkylation sites (N-methyl/N-ethyl adjacent to an activating group) is 1. The fourth-order valence-electron chi connectivity index (χ4n) is 3.99. The van der Waals surface area contributed by atoms with Crippen molar-refractivity contribution in [1.82, 2.24) is 4.90 Å². The van der Waals surface area contributed by atoms with Crippen molar-refractivity contribution in [1.29, 1.82) is 0 Å². The van der Waals surface area contributed by atoms with Gasteiger partial charge in [-0.25, -0.2) is 0 Å². The maximum Gasteiger partial charge on any atom is 0.289 e. The van der Waals surface area contributed by atoms with Crippen LogP contribution >= 0.6 is 0 Å². The average Bonchev–Trinajstić information content (AvgIpc) is 2.81. The predicted molar refractivity (Wildman–Crippen MR) is 80.8 cm³/mol. The molecule has 1 saturated carbocycles. The molecule has 1 amide bonds. The Bertz CT molecular complexity index is 664. The van der Waals surface area contributed by atoms with E-state index in [4.69, 9.17) is 4.74 Å². The molecule has 0 radical (unpaired) electrons. The van der Waals surface area contributed by atoms with Crippen molar-refractivity contribution < 1.29 is 14.3 Å². The van der Waals surface area contributed by atoms with Crippen LogP contribution in [0.25, 0.3) is 0 Å². The highest BCUT2D eigenvalue weighted by atomic mass is 16.5. The Morgan fingerprint density at radius 3 is 2.59 bits per heavy atom. The van der Waals surface area contributed by atoms with Crippen LogP contribution in [0.4, 0.5) is 0 Å². The van der Waals surface area contributed by atoms with E-state index in [0.29, 0.717) is 11.3 Å². The average molecular weight is 297 g/mol. The second-order valence-electron chi connectivity index (χ2n) is 6.38. The molecule has 0 spiro atoms. The van der Waals surface area contributed by atoms with Gasteiger partial charge >= 0.3 is 0 Å². The number of nitrogens with zero attached hydrogens (tertiary/aromatic N) is 1. The van der Waals surface area contributed by atoms with Crippen molar-refractivity contribution in [2.75, 3.05) is 7.05 Å². The molecule has 2 heterocycles. The van der Waals surface area contributed by atoms with Gasteiger partial charge in [-0.3, -0.25) is 9.59 Å². The number of amides is 1. The number of hydrogen-bond acceptors (Lipinski definition) is 3. The number of ether oxygens (including phenoxy) is 1. The number of benzene rings is 1. The van der Waals surface area contributed by atoms with Gasteiger partial charge in [-0.05, 0) is 24.8 Å². The number of fused-ring (bicyclic) bond motifs is 1. The molecule has 3 aliphatic rings. The molecule has 4 rings (SSSR count). The van der Waals surface area contributed by atoms with E-state index in [1.165, 1.54) is 0 Å². The molecular formula is C18H19NO3. The van der Waals surface area contributed by atoms with Crippen LogP contribution in [0.3, 0.4) is 0 Å². The summed E-state index contributed by atoms with van der Waals surface area (Å²) in [6, 6.07) is 9.42. The van der Waals surface area contributed by atoms with Gasteiger partial charge in [0.1, 0.15) is 6.10 Å². The third-order valence-electron chi connectivity index (χ3n) is 5.11. The molecular weight excluding hydrogens is 278 g/mol. The predicted octanol–water partition coefficient (Wildman–Crippen LogP) is 2.61. The lowest BCUT2D eigenvalue weighted by Crippen LogP contribution is -2.39. The van der Waals surface area contributed by atoms with Crippen LogP contribution in [0.2, 0.25) is 0 Å². The van der Waals surface area contributed by atoms with Crippen LogP contribution in [0, 0.1) is 5.92 Å². The molecule has 1 aromatic carbocycles. The van der Waals surface area contributed by atoms with Crippen molar-refractivity contribution >= 4 is 11.7 Å². The number of rotatable bonds is 1. The van der Waals surface area contributed by atoms with Crippen LogP contribution in [0.5, 0.6) is 0 Å². The fraction of sp³-hybridized carbons (Fsp3) is 0.444. The maximum atomic E-state index is 13.0. The first kappa shape index (κ1) is 13.6. The standard InChI is InChI=1S/C18H19NO3/c1-19-15(11-7-3-2-4-8-11)14-16(20)12-9-5-6-10-13(12)22-17(14)18(19)21/h2-4,7-8,12-13,15H,5-6,9-10H2,1H3. The zero-order valence-corrected chi connectivity index (χ0v) is 12.6. The molecule has 0 saturated heterocycles. The molecule has 22 heavy (non-hydrogen) atoms. The molecule has 0 bridgehead atoms. The van der Waals surface area contributed by atoms with E-state index in [9.17, 15) is 9.59 Å². The third-order valence-corrected chi connectivity index (χ3v) is 5.11. The van der Waals surface area contributed by atoms with Gasteiger partial charge in [0, 0.05) is 7.05 Å². The normalized spacial score (nSPS) is 31.0. The number of carbonyl (C=O) groups is 2. The Hall–Kier alpha value is -2.10. The smallest absolute Gasteiger partial charge is 0.289 e. The van der Waals surface area contributed by atoms with E-state index in [1.54, 1.807) is 11.9 Å². The van der Waals surface area contributed by atoms with Gasteiger partial charge in [0.15, 0.2) is 11.5 Å². The molecule has 3 atom stereocenters. The number of ketones is 1. The molecule has 114 valence electrons. The minimum absolute atomic E-state index is 0.0713. The summed E-state index contributed by atoms with van der Waals surface area (Å²) in [7, 11) is 1.75. The Labute approximate surface area is 129 Å². The molecule has 1 aromatic rings. The van der Waals surface area contributed by atoms with Gasteiger partial charge in [-0.1, -0.05) is 36.8 Å². The van der Waals surface area contributed by atoms with Crippen LogP contribution in [-0.4, -0.2) is 29.7 Å². The zero-order chi connectivity index (χ0) is 15.3. The Morgan fingerprint density at radius 2 is 1.82 bits per heavy atom. The van der Waals surface area contributed by atoms with E-state index in [0.717, 1.165) is 31.2 Å². The van der Waals surface area contributed by atoms with Crippen molar-refractivity contribution in [2.24, 2.45) is 5.92 Å². The van der Waals surface area contributed by atoms with Crippen LogP contribution in [0.1, 0.15) is 37.3 Å². The number of carbonyl (C=O) groups excluding carboxylic acids is 2. The van der Waals surface area contributed by atoms with Crippen molar-refractivity contribution in [3.8, 4) is 0 Å². The van der Waals surface area contributed by atoms with E-state index >= 15 is 0 Å². The fourth-order valence-corrected chi connectivity index (χ4v) is 3.99. The summed E-state index contributed by atoms with van der Waals surface area (Å²) in [5.74, 6) is 0.182.